The smallest absolute Gasteiger partial charge is 0.273 e. The number of hydrogen-bond acceptors (Lipinski definition) is 6. The van der Waals surface area contributed by atoms with Crippen molar-refractivity contribution in [3.8, 4) is 10.6 Å². The van der Waals surface area contributed by atoms with Crippen molar-refractivity contribution in [2.75, 3.05) is 19.6 Å². The third-order valence-corrected chi connectivity index (χ3v) is 4.68. The molecule has 0 radical (unpaired) electrons. The second-order valence-corrected chi connectivity index (χ2v) is 6.26. The van der Waals surface area contributed by atoms with Crippen LogP contribution in [0.1, 0.15) is 17.4 Å². The van der Waals surface area contributed by atoms with Gasteiger partial charge >= 0.3 is 0 Å². The summed E-state index contributed by atoms with van der Waals surface area (Å²) >= 11 is 1.32. The molecule has 8 heteroatoms. The van der Waals surface area contributed by atoms with Crippen molar-refractivity contribution < 1.29 is 9.72 Å². The van der Waals surface area contributed by atoms with Gasteiger partial charge in [-0.05, 0) is 6.92 Å². The van der Waals surface area contributed by atoms with Crippen LogP contribution in [0.2, 0.25) is 0 Å². The molecule has 3 rings (SSSR count). The number of benzene rings is 1. The Morgan fingerprint density at radius 3 is 3.09 bits per heavy atom. The molecule has 1 N–H and O–H groups in total. The predicted octanol–water partition coefficient (Wildman–Crippen LogP) is 2.15. The number of nitrogens with one attached hydrogen (secondary N) is 1. The molecule has 7 nitrogen and oxygen atoms in total. The lowest BCUT2D eigenvalue weighted by molar-refractivity contribution is -0.384. The van der Waals surface area contributed by atoms with E-state index in [0.29, 0.717) is 22.8 Å². The van der Waals surface area contributed by atoms with E-state index in [2.05, 4.69) is 10.3 Å². The SMILES string of the molecule is C[C@H]1CNCCN1C(=O)c1csc(-c2cccc([N+](=O)[O-])c2)n1. The van der Waals surface area contributed by atoms with Gasteiger partial charge < -0.3 is 10.2 Å². The number of thiazole rings is 1. The van der Waals surface area contributed by atoms with Crippen molar-refractivity contribution in [3.05, 3.63) is 45.5 Å². The van der Waals surface area contributed by atoms with Crippen molar-refractivity contribution in [1.82, 2.24) is 15.2 Å². The highest BCUT2D eigenvalue weighted by molar-refractivity contribution is 7.13. The Kier molecular flexibility index (Phi) is 4.35. The summed E-state index contributed by atoms with van der Waals surface area (Å²) in [5.74, 6) is -0.0908. The summed E-state index contributed by atoms with van der Waals surface area (Å²) in [5.41, 5.74) is 1.06. The molecule has 0 unspecified atom stereocenters. The van der Waals surface area contributed by atoms with E-state index in [1.54, 1.807) is 17.5 Å². The molecule has 1 fully saturated rings. The van der Waals surface area contributed by atoms with E-state index in [9.17, 15) is 14.9 Å². The molecule has 1 amide bonds. The molecule has 2 aromatic rings. The maximum atomic E-state index is 12.6. The molecule has 1 aromatic carbocycles. The average molecular weight is 332 g/mol. The number of hydrogen-bond donors (Lipinski definition) is 1. The van der Waals surface area contributed by atoms with Crippen LogP contribution < -0.4 is 5.32 Å². The van der Waals surface area contributed by atoms with Gasteiger partial charge in [-0.3, -0.25) is 14.9 Å². The first-order valence-electron chi connectivity index (χ1n) is 7.28. The van der Waals surface area contributed by atoms with Gasteiger partial charge in [-0.15, -0.1) is 11.3 Å². The summed E-state index contributed by atoms with van der Waals surface area (Å²) in [5, 5.41) is 16.4. The van der Waals surface area contributed by atoms with Gasteiger partial charge in [0.05, 0.1) is 4.92 Å². The lowest BCUT2D eigenvalue weighted by Crippen LogP contribution is -2.52. The minimum absolute atomic E-state index is 0.0151. The zero-order valence-corrected chi connectivity index (χ0v) is 13.4. The third kappa shape index (κ3) is 3.22. The Labute approximate surface area is 137 Å². The molecule has 0 aliphatic carbocycles. The summed E-state index contributed by atoms with van der Waals surface area (Å²) in [6.07, 6.45) is 0. The fourth-order valence-electron chi connectivity index (χ4n) is 2.55. The van der Waals surface area contributed by atoms with Crippen LogP contribution in [0.25, 0.3) is 10.6 Å². The van der Waals surface area contributed by atoms with Crippen LogP contribution in [0.4, 0.5) is 5.69 Å². The second kappa shape index (κ2) is 6.43. The summed E-state index contributed by atoms with van der Waals surface area (Å²) in [6, 6.07) is 6.41. The number of amides is 1. The summed E-state index contributed by atoms with van der Waals surface area (Å²) in [6.45, 7) is 4.20. The highest BCUT2D eigenvalue weighted by Gasteiger charge is 2.26. The lowest BCUT2D eigenvalue weighted by Gasteiger charge is -2.33. The van der Waals surface area contributed by atoms with Gasteiger partial charge in [0.25, 0.3) is 11.6 Å². The van der Waals surface area contributed by atoms with Gasteiger partial charge in [-0.25, -0.2) is 4.98 Å². The Hall–Kier alpha value is -2.32. The van der Waals surface area contributed by atoms with Gasteiger partial charge in [0, 0.05) is 48.8 Å². The van der Waals surface area contributed by atoms with Crippen molar-refractivity contribution in [2.24, 2.45) is 0 Å². The number of nitrogens with zero attached hydrogens (tertiary/aromatic N) is 3. The van der Waals surface area contributed by atoms with Crippen LogP contribution in [0, 0.1) is 10.1 Å². The maximum Gasteiger partial charge on any atom is 0.273 e. The molecule has 1 aromatic heterocycles. The third-order valence-electron chi connectivity index (χ3n) is 3.79. The Balaban J connectivity index is 1.84. The fraction of sp³-hybridized carbons (Fsp3) is 0.333. The first-order valence-corrected chi connectivity index (χ1v) is 8.16. The van der Waals surface area contributed by atoms with E-state index >= 15 is 0 Å². The monoisotopic (exact) mass is 332 g/mol. The minimum Gasteiger partial charge on any atom is -0.332 e. The average Bonchev–Trinajstić information content (AvgIpc) is 3.05. The number of rotatable bonds is 3. The molecule has 120 valence electrons. The van der Waals surface area contributed by atoms with Gasteiger partial charge in [-0.2, -0.15) is 0 Å². The van der Waals surface area contributed by atoms with Crippen LogP contribution in [0.5, 0.6) is 0 Å². The van der Waals surface area contributed by atoms with Crippen molar-refractivity contribution in [2.45, 2.75) is 13.0 Å². The predicted molar refractivity (Wildman–Crippen MR) is 87.6 cm³/mol. The number of nitro benzene ring substituents is 1. The molecular formula is C15H16N4O3S. The Bertz CT molecular complexity index is 746. The zero-order chi connectivity index (χ0) is 16.4. The normalized spacial score (nSPS) is 18.0. The number of carbonyl (C=O) groups excluding carboxylic acids is 1. The standard InChI is InChI=1S/C15H16N4O3S/c1-10-8-16-5-6-18(10)15(20)13-9-23-14(17-13)11-3-2-4-12(7-11)19(21)22/h2-4,7,9-10,16H,5-6,8H2,1H3/t10-/m0/s1. The molecule has 0 bridgehead atoms. The van der Waals surface area contributed by atoms with Crippen LogP contribution >= 0.6 is 11.3 Å². The molecule has 1 aliphatic heterocycles. The van der Waals surface area contributed by atoms with Gasteiger partial charge in [0.2, 0.25) is 0 Å². The van der Waals surface area contributed by atoms with Crippen LogP contribution in [0.15, 0.2) is 29.6 Å². The fourth-order valence-corrected chi connectivity index (χ4v) is 3.34. The minimum atomic E-state index is -0.439. The number of nitro groups is 1. The van der Waals surface area contributed by atoms with E-state index in [-0.39, 0.29) is 17.6 Å². The molecule has 2 heterocycles. The number of carbonyl (C=O) groups is 1. The summed E-state index contributed by atoms with van der Waals surface area (Å²) in [7, 11) is 0. The van der Waals surface area contributed by atoms with E-state index < -0.39 is 4.92 Å². The van der Waals surface area contributed by atoms with E-state index in [0.717, 1.165) is 13.1 Å². The number of aromatic nitrogens is 1. The molecule has 0 spiro atoms. The van der Waals surface area contributed by atoms with Crippen molar-refractivity contribution in [1.29, 1.82) is 0 Å². The zero-order valence-electron chi connectivity index (χ0n) is 12.6. The molecule has 0 saturated carbocycles. The topological polar surface area (TPSA) is 88.4 Å². The first-order chi connectivity index (χ1) is 11.1. The second-order valence-electron chi connectivity index (χ2n) is 5.40. The molecule has 1 saturated heterocycles. The van der Waals surface area contributed by atoms with Crippen LogP contribution in [-0.4, -0.2) is 46.4 Å². The highest BCUT2D eigenvalue weighted by atomic mass is 32.1. The Morgan fingerprint density at radius 2 is 2.35 bits per heavy atom. The first kappa shape index (κ1) is 15.6. The lowest BCUT2D eigenvalue weighted by atomic mass is 10.2. The van der Waals surface area contributed by atoms with Gasteiger partial charge in [0.1, 0.15) is 10.7 Å². The molecule has 23 heavy (non-hydrogen) atoms. The Morgan fingerprint density at radius 1 is 1.52 bits per heavy atom. The van der Waals surface area contributed by atoms with Crippen molar-refractivity contribution in [3.63, 3.8) is 0 Å². The molecule has 1 atom stereocenters. The maximum absolute atomic E-state index is 12.6. The molecule has 1 aliphatic rings. The van der Waals surface area contributed by atoms with Gasteiger partial charge in [0.15, 0.2) is 0 Å². The quantitative estimate of drug-likeness (QED) is 0.687. The van der Waals surface area contributed by atoms with Crippen LogP contribution in [0.3, 0.4) is 0 Å². The molecular weight excluding hydrogens is 316 g/mol. The highest BCUT2D eigenvalue weighted by Crippen LogP contribution is 2.27. The van der Waals surface area contributed by atoms with E-state index in [1.807, 2.05) is 11.8 Å². The van der Waals surface area contributed by atoms with E-state index in [4.69, 9.17) is 0 Å². The summed E-state index contributed by atoms with van der Waals surface area (Å²) in [4.78, 5) is 29.2. The van der Waals surface area contributed by atoms with Gasteiger partial charge in [-0.1, -0.05) is 12.1 Å². The number of non-ortho nitro benzene ring substituents is 1. The van der Waals surface area contributed by atoms with Crippen LogP contribution in [-0.2, 0) is 0 Å². The van der Waals surface area contributed by atoms with Crippen molar-refractivity contribution >= 4 is 22.9 Å². The van der Waals surface area contributed by atoms with E-state index in [1.165, 1.54) is 23.5 Å². The number of piperazine rings is 1. The largest absolute Gasteiger partial charge is 0.332 e. The summed E-state index contributed by atoms with van der Waals surface area (Å²) < 4.78 is 0.